The molecule has 0 aliphatic carbocycles. The number of benzene rings is 2. The van der Waals surface area contributed by atoms with E-state index in [1.807, 2.05) is 0 Å². The zero-order valence-corrected chi connectivity index (χ0v) is 29.4. The Morgan fingerprint density at radius 1 is 1.04 bits per heavy atom. The first-order chi connectivity index (χ1) is 22.1. The van der Waals surface area contributed by atoms with Gasteiger partial charge in [-0.15, -0.1) is 0 Å². The van der Waals surface area contributed by atoms with Crippen molar-refractivity contribution >= 4 is 74.1 Å². The lowest BCUT2D eigenvalue weighted by molar-refractivity contribution is 0.138. The van der Waals surface area contributed by atoms with Gasteiger partial charge in [0.25, 0.3) is 10.1 Å². The fourth-order valence-corrected chi connectivity index (χ4v) is 8.66. The molecule has 0 atom stereocenters. The SMILES string of the molecule is COc1cc(N2CCN(C3CNC3)CC2)c(C)cc1Nc1ncc(Br)c(Nc2ccc3nccnc3c2CS(=O)(=O)OP(C)C)n1. The molecule has 2 aliphatic heterocycles. The van der Waals surface area contributed by atoms with Crippen LogP contribution < -0.4 is 25.6 Å². The lowest BCUT2D eigenvalue weighted by atomic mass is 10.1. The van der Waals surface area contributed by atoms with Crippen molar-refractivity contribution in [3.8, 4) is 5.75 Å². The van der Waals surface area contributed by atoms with E-state index in [1.165, 1.54) is 6.20 Å². The van der Waals surface area contributed by atoms with E-state index in [2.05, 4.69) is 75.7 Å². The highest BCUT2D eigenvalue weighted by atomic mass is 79.9. The van der Waals surface area contributed by atoms with Gasteiger partial charge in [0.15, 0.2) is 0 Å². The predicted molar refractivity (Wildman–Crippen MR) is 186 cm³/mol. The molecular weight excluding hydrogens is 693 g/mol. The first-order valence-corrected chi connectivity index (χ1v) is 19.4. The first kappa shape index (κ1) is 32.7. The number of piperazine rings is 1. The smallest absolute Gasteiger partial charge is 0.274 e. The van der Waals surface area contributed by atoms with Crippen molar-refractivity contribution in [2.24, 2.45) is 0 Å². The molecule has 4 heterocycles. The maximum Gasteiger partial charge on any atom is 0.274 e. The molecule has 2 saturated heterocycles. The molecule has 0 saturated carbocycles. The van der Waals surface area contributed by atoms with Crippen molar-refractivity contribution < 1.29 is 17.1 Å². The molecule has 3 N–H and O–H groups in total. The molecule has 2 fully saturated rings. The summed E-state index contributed by atoms with van der Waals surface area (Å²) in [6.07, 6.45) is 4.73. The minimum absolute atomic E-state index is 0.333. The molecule has 2 aromatic heterocycles. The Kier molecular flexibility index (Phi) is 9.88. The number of anilines is 5. The van der Waals surface area contributed by atoms with E-state index in [0.717, 1.165) is 56.2 Å². The summed E-state index contributed by atoms with van der Waals surface area (Å²) in [5, 5.41) is 9.96. The highest BCUT2D eigenvalue weighted by Crippen LogP contribution is 2.37. The quantitative estimate of drug-likeness (QED) is 0.185. The number of halogens is 1. The third-order valence-electron chi connectivity index (χ3n) is 8.02. The summed E-state index contributed by atoms with van der Waals surface area (Å²) < 4.78 is 37.5. The number of hydrogen-bond acceptors (Lipinski definition) is 13. The Morgan fingerprint density at radius 3 is 2.50 bits per heavy atom. The Labute approximate surface area is 278 Å². The molecule has 0 spiro atoms. The second kappa shape index (κ2) is 13.9. The van der Waals surface area contributed by atoms with Crippen LogP contribution in [0, 0.1) is 6.92 Å². The fourth-order valence-electron chi connectivity index (χ4n) is 5.69. The normalized spacial score (nSPS) is 16.1. The van der Waals surface area contributed by atoms with Gasteiger partial charge in [0.05, 0.1) is 28.3 Å². The number of rotatable bonds is 11. The standard InChI is InChI=1S/C30H37BrN9O4PS/c1-19-13-25(27(43-2)14-26(19)40-11-9-39(10-12-40)20-15-32-16-20)37-30-35-17-22(31)29(38-30)36-23-5-6-24-28(34-8-7-33-24)21(23)18-46(41,42)44-45(3)4/h5-8,13-14,17,20,32H,9-12,15-16,18H2,1-4H3,(H2,35,36,37,38). The van der Waals surface area contributed by atoms with E-state index in [9.17, 15) is 8.42 Å². The lowest BCUT2D eigenvalue weighted by Gasteiger charge is -2.44. The number of ether oxygens (including phenoxy) is 1. The van der Waals surface area contributed by atoms with Gasteiger partial charge in [-0.2, -0.15) is 13.4 Å². The third-order valence-corrected chi connectivity index (χ3v) is 11.3. The zero-order valence-electron chi connectivity index (χ0n) is 26.1. The van der Waals surface area contributed by atoms with Crippen molar-refractivity contribution in [1.29, 1.82) is 0 Å². The zero-order chi connectivity index (χ0) is 32.4. The molecule has 16 heteroatoms. The molecule has 0 amide bonds. The second-order valence-corrected chi connectivity index (χ2v) is 15.9. The Balaban J connectivity index is 1.25. The topological polar surface area (TPSA) is 147 Å². The van der Waals surface area contributed by atoms with E-state index >= 15 is 0 Å². The van der Waals surface area contributed by atoms with Crippen molar-refractivity contribution in [2.75, 3.05) is 75.2 Å². The average Bonchev–Trinajstić information content (AvgIpc) is 2.99. The minimum atomic E-state index is -3.89. The minimum Gasteiger partial charge on any atom is -0.494 e. The number of methoxy groups -OCH3 is 1. The van der Waals surface area contributed by atoms with Crippen molar-refractivity contribution in [1.82, 2.24) is 30.2 Å². The molecular formula is C30H37BrN9O4PS. The predicted octanol–water partition coefficient (Wildman–Crippen LogP) is 4.58. The van der Waals surface area contributed by atoms with Crippen LogP contribution in [0.5, 0.6) is 5.75 Å². The Morgan fingerprint density at radius 2 is 1.80 bits per heavy atom. The summed E-state index contributed by atoms with van der Waals surface area (Å²) in [5.41, 5.74) is 4.97. The molecule has 0 unspecified atom stereocenters. The number of hydrogen-bond donors (Lipinski definition) is 3. The van der Waals surface area contributed by atoms with Crippen molar-refractivity contribution in [3.05, 3.63) is 58.5 Å². The summed E-state index contributed by atoms with van der Waals surface area (Å²) >= 11 is 3.54. The van der Waals surface area contributed by atoms with Crippen molar-refractivity contribution in [3.63, 3.8) is 0 Å². The van der Waals surface area contributed by atoms with E-state index < -0.39 is 18.3 Å². The number of nitrogens with zero attached hydrogens (tertiary/aromatic N) is 6. The van der Waals surface area contributed by atoms with Crippen LogP contribution in [0.2, 0.25) is 0 Å². The summed E-state index contributed by atoms with van der Waals surface area (Å²) in [5.74, 6) is 1.06. The highest BCUT2D eigenvalue weighted by molar-refractivity contribution is 9.10. The summed E-state index contributed by atoms with van der Waals surface area (Å²) in [4.78, 5) is 23.0. The van der Waals surface area contributed by atoms with Gasteiger partial charge in [-0.25, -0.2) is 8.95 Å². The van der Waals surface area contributed by atoms with Gasteiger partial charge in [0.2, 0.25) is 5.95 Å². The van der Waals surface area contributed by atoms with Crippen LogP contribution in [0.25, 0.3) is 11.0 Å². The van der Waals surface area contributed by atoms with Gasteiger partial charge in [0.1, 0.15) is 17.3 Å². The molecule has 2 aliphatic rings. The highest BCUT2D eigenvalue weighted by Gasteiger charge is 2.28. The van der Waals surface area contributed by atoms with Gasteiger partial charge in [-0.05, 0) is 59.9 Å². The van der Waals surface area contributed by atoms with E-state index in [-0.39, 0.29) is 5.75 Å². The maximum atomic E-state index is 12.9. The summed E-state index contributed by atoms with van der Waals surface area (Å²) in [6, 6.07) is 8.32. The van der Waals surface area contributed by atoms with Crippen LogP contribution in [-0.4, -0.2) is 99.0 Å². The summed E-state index contributed by atoms with van der Waals surface area (Å²) in [6.45, 7) is 11.7. The molecule has 4 aromatic rings. The largest absolute Gasteiger partial charge is 0.494 e. The van der Waals surface area contributed by atoms with Crippen LogP contribution in [0.4, 0.5) is 28.8 Å². The van der Waals surface area contributed by atoms with Crippen LogP contribution in [0.1, 0.15) is 11.1 Å². The number of aryl methyl sites for hydroxylation is 1. The average molecular weight is 731 g/mol. The third kappa shape index (κ3) is 7.35. The fraction of sp³-hybridized carbons (Fsp3) is 0.400. The number of nitrogens with one attached hydrogen (secondary N) is 3. The monoisotopic (exact) mass is 729 g/mol. The van der Waals surface area contributed by atoms with E-state index in [4.69, 9.17) is 13.7 Å². The molecule has 0 bridgehead atoms. The molecule has 244 valence electrons. The first-order valence-electron chi connectivity index (χ1n) is 14.9. The molecule has 6 rings (SSSR count). The van der Waals surface area contributed by atoms with Gasteiger partial charge in [0, 0.05) is 95.1 Å². The van der Waals surface area contributed by atoms with Crippen LogP contribution in [0.15, 0.2) is 47.3 Å². The van der Waals surface area contributed by atoms with E-state index in [0.29, 0.717) is 50.3 Å². The molecule has 46 heavy (non-hydrogen) atoms. The molecule has 2 aromatic carbocycles. The van der Waals surface area contributed by atoms with Crippen LogP contribution in [-0.2, 0) is 19.8 Å². The van der Waals surface area contributed by atoms with E-state index in [1.54, 1.807) is 45.0 Å². The summed E-state index contributed by atoms with van der Waals surface area (Å²) in [7, 11) is -3.37. The second-order valence-electron chi connectivity index (χ2n) is 11.4. The Hall–Kier alpha value is -3.20. The number of fused-ring (bicyclic) bond motifs is 1. The van der Waals surface area contributed by atoms with Crippen LogP contribution >= 0.6 is 24.1 Å². The van der Waals surface area contributed by atoms with Gasteiger partial charge >= 0.3 is 0 Å². The van der Waals surface area contributed by atoms with Gasteiger partial charge in [-0.3, -0.25) is 14.9 Å². The molecule has 0 radical (unpaired) electrons. The Bertz CT molecular complexity index is 1840. The number of aromatic nitrogens is 4. The lowest BCUT2D eigenvalue weighted by Crippen LogP contribution is -2.61. The van der Waals surface area contributed by atoms with Crippen molar-refractivity contribution in [2.45, 2.75) is 18.7 Å². The van der Waals surface area contributed by atoms with Crippen LogP contribution in [0.3, 0.4) is 0 Å². The van der Waals surface area contributed by atoms with Gasteiger partial charge < -0.3 is 25.6 Å². The molecule has 13 nitrogen and oxygen atoms in total. The maximum absolute atomic E-state index is 12.9. The van der Waals surface area contributed by atoms with Gasteiger partial charge in [-0.1, -0.05) is 0 Å².